The minimum Gasteiger partial charge on any atom is -0.410 e. The molecule has 1 fully saturated rings. The molecule has 0 bridgehead atoms. The molecule has 1 aliphatic heterocycles. The van der Waals surface area contributed by atoms with Crippen LogP contribution in [-0.4, -0.2) is 52.8 Å². The first-order valence-electron chi connectivity index (χ1n) is 7.57. The predicted molar refractivity (Wildman–Crippen MR) is 86.5 cm³/mol. The third kappa shape index (κ3) is 4.08. The van der Waals surface area contributed by atoms with E-state index in [9.17, 15) is 9.59 Å². The number of aromatic nitrogens is 2. The SMILES string of the molecule is O=C(/C=C/c1ccc(OC(=O)n2ccnc2)cc1)N1CCOCC1. The van der Waals surface area contributed by atoms with Crippen molar-refractivity contribution in [1.29, 1.82) is 0 Å². The van der Waals surface area contributed by atoms with Crippen molar-refractivity contribution in [2.24, 2.45) is 0 Å². The lowest BCUT2D eigenvalue weighted by Gasteiger charge is -2.25. The van der Waals surface area contributed by atoms with Gasteiger partial charge in [0.05, 0.1) is 13.2 Å². The largest absolute Gasteiger partial charge is 0.424 e. The fraction of sp³-hybridized carbons (Fsp3) is 0.235. The number of hydrogen-bond acceptors (Lipinski definition) is 5. The topological polar surface area (TPSA) is 73.7 Å². The Hall–Kier alpha value is -2.93. The van der Waals surface area contributed by atoms with Crippen molar-refractivity contribution in [3.63, 3.8) is 0 Å². The highest BCUT2D eigenvalue weighted by Crippen LogP contribution is 2.14. The summed E-state index contributed by atoms with van der Waals surface area (Å²) >= 11 is 0. The standard InChI is InChI=1S/C17H17N3O4/c21-16(19-9-11-23-12-10-19)6-3-14-1-4-15(5-2-14)24-17(22)20-8-7-18-13-20/h1-8,13H,9-12H2/b6-3+. The fourth-order valence-electron chi connectivity index (χ4n) is 2.22. The van der Waals surface area contributed by atoms with Crippen LogP contribution in [0.1, 0.15) is 5.56 Å². The molecule has 1 aromatic heterocycles. The van der Waals surface area contributed by atoms with Crippen molar-refractivity contribution in [3.05, 3.63) is 54.6 Å². The van der Waals surface area contributed by atoms with Crippen LogP contribution in [0, 0.1) is 0 Å². The van der Waals surface area contributed by atoms with Gasteiger partial charge in [0.1, 0.15) is 12.1 Å². The van der Waals surface area contributed by atoms with Crippen LogP contribution in [0.5, 0.6) is 5.75 Å². The van der Waals surface area contributed by atoms with E-state index in [4.69, 9.17) is 9.47 Å². The third-order valence-electron chi connectivity index (χ3n) is 3.54. The van der Waals surface area contributed by atoms with Crippen LogP contribution in [0.2, 0.25) is 0 Å². The lowest BCUT2D eigenvalue weighted by molar-refractivity contribution is -0.129. The molecule has 0 radical (unpaired) electrons. The molecule has 0 saturated carbocycles. The maximum atomic E-state index is 12.0. The maximum absolute atomic E-state index is 12.0. The normalized spacial score (nSPS) is 14.8. The minimum absolute atomic E-state index is 0.0334. The maximum Gasteiger partial charge on any atom is 0.424 e. The van der Waals surface area contributed by atoms with Crippen LogP contribution >= 0.6 is 0 Å². The molecule has 2 aromatic rings. The zero-order valence-corrected chi connectivity index (χ0v) is 13.0. The zero-order valence-electron chi connectivity index (χ0n) is 13.0. The summed E-state index contributed by atoms with van der Waals surface area (Å²) < 4.78 is 11.7. The van der Waals surface area contributed by atoms with Gasteiger partial charge in [0, 0.05) is 31.6 Å². The summed E-state index contributed by atoms with van der Waals surface area (Å²) in [5, 5.41) is 0. The Morgan fingerprint density at radius 1 is 1.17 bits per heavy atom. The van der Waals surface area contributed by atoms with Crippen LogP contribution in [0.15, 0.2) is 49.1 Å². The summed E-state index contributed by atoms with van der Waals surface area (Å²) in [5.41, 5.74) is 0.846. The Bertz CT molecular complexity index is 717. The summed E-state index contributed by atoms with van der Waals surface area (Å²) in [6.07, 6.45) is 7.13. The van der Waals surface area contributed by atoms with Gasteiger partial charge < -0.3 is 14.4 Å². The van der Waals surface area contributed by atoms with Crippen LogP contribution < -0.4 is 4.74 Å². The van der Waals surface area contributed by atoms with Gasteiger partial charge in [-0.2, -0.15) is 0 Å². The van der Waals surface area contributed by atoms with Gasteiger partial charge in [0.2, 0.25) is 5.91 Å². The van der Waals surface area contributed by atoms with Crippen molar-refractivity contribution in [1.82, 2.24) is 14.5 Å². The molecule has 0 spiro atoms. The van der Waals surface area contributed by atoms with E-state index >= 15 is 0 Å². The zero-order chi connectivity index (χ0) is 16.8. The molecule has 0 N–H and O–H groups in total. The van der Waals surface area contributed by atoms with E-state index in [1.807, 2.05) is 0 Å². The van der Waals surface area contributed by atoms with E-state index in [0.29, 0.717) is 32.1 Å². The number of nitrogens with zero attached hydrogens (tertiary/aromatic N) is 3. The van der Waals surface area contributed by atoms with E-state index in [-0.39, 0.29) is 5.91 Å². The molecule has 1 amide bonds. The van der Waals surface area contributed by atoms with Crippen molar-refractivity contribution in [3.8, 4) is 5.75 Å². The van der Waals surface area contributed by atoms with E-state index in [2.05, 4.69) is 4.98 Å². The molecule has 1 saturated heterocycles. The first-order chi connectivity index (χ1) is 11.7. The van der Waals surface area contributed by atoms with E-state index in [1.54, 1.807) is 35.2 Å². The number of carbonyl (C=O) groups excluding carboxylic acids is 2. The molecule has 7 heteroatoms. The van der Waals surface area contributed by atoms with Gasteiger partial charge in [-0.05, 0) is 23.8 Å². The Kier molecular flexibility index (Phi) is 5.02. The Balaban J connectivity index is 1.57. The summed E-state index contributed by atoms with van der Waals surface area (Å²) in [5.74, 6) is 0.388. The van der Waals surface area contributed by atoms with Crippen molar-refractivity contribution < 1.29 is 19.1 Å². The van der Waals surface area contributed by atoms with Gasteiger partial charge in [-0.25, -0.2) is 14.3 Å². The average molecular weight is 327 g/mol. The number of amides is 1. The minimum atomic E-state index is -0.529. The highest BCUT2D eigenvalue weighted by molar-refractivity contribution is 5.91. The van der Waals surface area contributed by atoms with Gasteiger partial charge >= 0.3 is 6.09 Å². The van der Waals surface area contributed by atoms with Gasteiger partial charge in [0.15, 0.2) is 0 Å². The molecule has 0 atom stereocenters. The lowest BCUT2D eigenvalue weighted by Crippen LogP contribution is -2.39. The molecule has 0 unspecified atom stereocenters. The fourth-order valence-corrected chi connectivity index (χ4v) is 2.22. The molecule has 1 aromatic carbocycles. The number of hydrogen-bond donors (Lipinski definition) is 0. The van der Waals surface area contributed by atoms with E-state index in [1.165, 1.54) is 29.4 Å². The first kappa shape index (κ1) is 15.9. The summed E-state index contributed by atoms with van der Waals surface area (Å²) in [6.45, 7) is 2.39. The molecule has 0 aliphatic carbocycles. The summed E-state index contributed by atoms with van der Waals surface area (Å²) in [7, 11) is 0. The first-order valence-corrected chi connectivity index (χ1v) is 7.57. The van der Waals surface area contributed by atoms with E-state index < -0.39 is 6.09 Å². The molecule has 7 nitrogen and oxygen atoms in total. The molecular formula is C17H17N3O4. The number of imidazole rings is 1. The van der Waals surface area contributed by atoms with Crippen LogP contribution in [0.3, 0.4) is 0 Å². The predicted octanol–water partition coefficient (Wildman–Crippen LogP) is 1.80. The van der Waals surface area contributed by atoms with Gasteiger partial charge in [-0.1, -0.05) is 12.1 Å². The number of benzene rings is 1. The molecule has 1 aliphatic rings. The summed E-state index contributed by atoms with van der Waals surface area (Å²) in [4.78, 5) is 29.3. The van der Waals surface area contributed by atoms with Crippen molar-refractivity contribution >= 4 is 18.1 Å². The van der Waals surface area contributed by atoms with Crippen molar-refractivity contribution in [2.75, 3.05) is 26.3 Å². The second kappa shape index (κ2) is 7.56. The molecule has 3 rings (SSSR count). The highest BCUT2D eigenvalue weighted by atomic mass is 16.6. The van der Waals surface area contributed by atoms with Gasteiger partial charge in [0.25, 0.3) is 0 Å². The third-order valence-corrected chi connectivity index (χ3v) is 3.54. The number of morpholine rings is 1. The quantitative estimate of drug-likeness (QED) is 0.804. The van der Waals surface area contributed by atoms with Crippen LogP contribution in [-0.2, 0) is 9.53 Å². The van der Waals surface area contributed by atoms with E-state index in [0.717, 1.165) is 5.56 Å². The highest BCUT2D eigenvalue weighted by Gasteiger charge is 2.13. The molecular weight excluding hydrogens is 310 g/mol. The Labute approximate surface area is 139 Å². The smallest absolute Gasteiger partial charge is 0.410 e. The molecule has 124 valence electrons. The average Bonchev–Trinajstić information content (AvgIpc) is 3.16. The Morgan fingerprint density at radius 2 is 1.92 bits per heavy atom. The lowest BCUT2D eigenvalue weighted by atomic mass is 10.2. The molecule has 24 heavy (non-hydrogen) atoms. The Morgan fingerprint density at radius 3 is 2.58 bits per heavy atom. The van der Waals surface area contributed by atoms with Gasteiger partial charge in [-0.15, -0.1) is 0 Å². The van der Waals surface area contributed by atoms with Crippen molar-refractivity contribution in [2.45, 2.75) is 0 Å². The number of ether oxygens (including phenoxy) is 2. The van der Waals surface area contributed by atoms with Gasteiger partial charge in [-0.3, -0.25) is 4.79 Å². The monoisotopic (exact) mass is 327 g/mol. The van der Waals surface area contributed by atoms with Crippen LogP contribution in [0.25, 0.3) is 6.08 Å². The number of carbonyl (C=O) groups is 2. The second-order valence-electron chi connectivity index (χ2n) is 5.18. The summed E-state index contributed by atoms with van der Waals surface area (Å²) in [6, 6.07) is 6.90. The second-order valence-corrected chi connectivity index (χ2v) is 5.18. The number of rotatable bonds is 3. The van der Waals surface area contributed by atoms with Crippen LogP contribution in [0.4, 0.5) is 4.79 Å². The molecule has 2 heterocycles.